The molecule has 1 aromatic rings. The Morgan fingerprint density at radius 1 is 1.04 bits per heavy atom. The smallest absolute Gasteiger partial charge is 0.425 e. The van der Waals surface area contributed by atoms with Crippen LogP contribution in [0.5, 0.6) is 0 Å². The zero-order valence-electron chi connectivity index (χ0n) is 14.9. The Morgan fingerprint density at radius 3 is 1.79 bits per heavy atom. The lowest BCUT2D eigenvalue weighted by molar-refractivity contribution is 0.0429. The van der Waals surface area contributed by atoms with Crippen LogP contribution in [-0.4, -0.2) is 44.0 Å². The van der Waals surface area contributed by atoms with Gasteiger partial charge < -0.3 is 19.1 Å². The Balaban J connectivity index is 3.36. The lowest BCUT2D eigenvalue weighted by Crippen LogP contribution is -2.44. The largest absolute Gasteiger partial charge is 0.476 e. The average Bonchev–Trinajstić information content (AvgIpc) is 2.66. The summed E-state index contributed by atoms with van der Waals surface area (Å²) in [5, 5.41) is 9.32. The number of carbonyl (C=O) groups is 3. The molecule has 0 spiro atoms. The molecule has 1 aromatic heterocycles. The van der Waals surface area contributed by atoms with Crippen LogP contribution in [0.4, 0.5) is 15.4 Å². The fourth-order valence-corrected chi connectivity index (χ4v) is 1.69. The number of hydrogen-bond acceptors (Lipinski definition) is 6. The van der Waals surface area contributed by atoms with E-state index >= 15 is 0 Å². The van der Waals surface area contributed by atoms with E-state index < -0.39 is 29.4 Å². The van der Waals surface area contributed by atoms with Gasteiger partial charge >= 0.3 is 18.2 Å². The Bertz CT molecular complexity index is 623. The van der Waals surface area contributed by atoms with Gasteiger partial charge in [0.15, 0.2) is 11.5 Å². The van der Waals surface area contributed by atoms with E-state index in [9.17, 15) is 19.5 Å². The van der Waals surface area contributed by atoms with Crippen molar-refractivity contribution in [3.63, 3.8) is 0 Å². The van der Waals surface area contributed by atoms with Crippen LogP contribution in [-0.2, 0) is 16.5 Å². The first-order valence-electron chi connectivity index (χ1n) is 7.23. The number of imide groups is 1. The number of carboxylic acid groups (broad SMARTS) is 1. The number of anilines is 1. The second-order valence-electron chi connectivity index (χ2n) is 7.13. The standard InChI is InChI=1S/C15H23N3O6/c1-14(2,3)23-12(21)18(13(22)24-15(4,5)6)10-9(11(19)20)17(7)8-16-10/h8H,1-7H3,(H,19,20). The minimum absolute atomic E-state index is 0.341. The second-order valence-corrected chi connectivity index (χ2v) is 7.13. The highest BCUT2D eigenvalue weighted by Crippen LogP contribution is 2.23. The molecule has 0 fully saturated rings. The molecule has 1 rings (SSSR count). The molecule has 1 N–H and O–H groups in total. The summed E-state index contributed by atoms with van der Waals surface area (Å²) in [7, 11) is 1.43. The second kappa shape index (κ2) is 6.50. The van der Waals surface area contributed by atoms with Gasteiger partial charge in [0.05, 0.1) is 6.33 Å². The quantitative estimate of drug-likeness (QED) is 0.880. The van der Waals surface area contributed by atoms with E-state index in [-0.39, 0.29) is 11.5 Å². The molecular weight excluding hydrogens is 318 g/mol. The van der Waals surface area contributed by atoms with Crippen molar-refractivity contribution in [3.05, 3.63) is 12.0 Å². The van der Waals surface area contributed by atoms with E-state index in [2.05, 4.69) is 4.98 Å². The number of carbonyl (C=O) groups excluding carboxylic acids is 2. The lowest BCUT2D eigenvalue weighted by atomic mass is 10.2. The predicted octanol–water partition coefficient (Wildman–Crippen LogP) is 2.79. The number of amides is 2. The normalized spacial score (nSPS) is 11.8. The molecule has 0 bridgehead atoms. The summed E-state index contributed by atoms with van der Waals surface area (Å²) < 4.78 is 11.5. The highest BCUT2D eigenvalue weighted by atomic mass is 16.6. The van der Waals surface area contributed by atoms with E-state index in [1.54, 1.807) is 41.5 Å². The van der Waals surface area contributed by atoms with Gasteiger partial charge in [0, 0.05) is 7.05 Å². The molecule has 0 aliphatic carbocycles. The molecular formula is C15H23N3O6. The molecule has 0 radical (unpaired) electrons. The maximum absolute atomic E-state index is 12.4. The molecule has 0 aromatic carbocycles. The van der Waals surface area contributed by atoms with Crippen molar-refractivity contribution in [1.29, 1.82) is 0 Å². The molecule has 0 aliphatic rings. The van der Waals surface area contributed by atoms with Crippen molar-refractivity contribution < 1.29 is 29.0 Å². The van der Waals surface area contributed by atoms with E-state index in [0.717, 1.165) is 0 Å². The van der Waals surface area contributed by atoms with Gasteiger partial charge in [0.1, 0.15) is 11.2 Å². The van der Waals surface area contributed by atoms with Crippen molar-refractivity contribution >= 4 is 24.0 Å². The van der Waals surface area contributed by atoms with Crippen LogP contribution in [0, 0.1) is 0 Å². The van der Waals surface area contributed by atoms with Crippen LogP contribution in [0.3, 0.4) is 0 Å². The summed E-state index contributed by atoms with van der Waals surface area (Å²) in [6.45, 7) is 9.72. The van der Waals surface area contributed by atoms with Gasteiger partial charge in [0.25, 0.3) is 0 Å². The van der Waals surface area contributed by atoms with Gasteiger partial charge in [-0.2, -0.15) is 4.90 Å². The number of rotatable bonds is 2. The van der Waals surface area contributed by atoms with Gasteiger partial charge in [-0.1, -0.05) is 0 Å². The van der Waals surface area contributed by atoms with E-state index in [4.69, 9.17) is 9.47 Å². The number of imidazole rings is 1. The van der Waals surface area contributed by atoms with Gasteiger partial charge in [0.2, 0.25) is 0 Å². The Kier molecular flexibility index (Phi) is 5.27. The van der Waals surface area contributed by atoms with Crippen LogP contribution in [0.25, 0.3) is 0 Å². The van der Waals surface area contributed by atoms with Crippen molar-refractivity contribution in [1.82, 2.24) is 9.55 Å². The molecule has 0 unspecified atom stereocenters. The van der Waals surface area contributed by atoms with E-state index in [1.165, 1.54) is 17.9 Å². The number of aromatic carboxylic acids is 1. The third kappa shape index (κ3) is 4.97. The highest BCUT2D eigenvalue weighted by molar-refractivity contribution is 6.11. The third-order valence-electron chi connectivity index (χ3n) is 2.48. The fourth-order valence-electron chi connectivity index (χ4n) is 1.69. The monoisotopic (exact) mass is 341 g/mol. The number of nitrogens with zero attached hydrogens (tertiary/aromatic N) is 3. The minimum atomic E-state index is -1.35. The maximum Gasteiger partial charge on any atom is 0.425 e. The first kappa shape index (κ1) is 19.5. The summed E-state index contributed by atoms with van der Waals surface area (Å²) >= 11 is 0. The summed E-state index contributed by atoms with van der Waals surface area (Å²) in [5.74, 6) is -1.71. The van der Waals surface area contributed by atoms with Crippen LogP contribution in [0.2, 0.25) is 0 Å². The van der Waals surface area contributed by atoms with Gasteiger partial charge in [-0.25, -0.2) is 19.4 Å². The van der Waals surface area contributed by atoms with Gasteiger partial charge in [-0.15, -0.1) is 0 Å². The van der Waals surface area contributed by atoms with Crippen molar-refractivity contribution in [2.75, 3.05) is 4.90 Å². The highest BCUT2D eigenvalue weighted by Gasteiger charge is 2.37. The topological polar surface area (TPSA) is 111 Å². The molecule has 2 amide bonds. The summed E-state index contributed by atoms with van der Waals surface area (Å²) in [4.78, 5) is 40.6. The number of hydrogen-bond donors (Lipinski definition) is 1. The zero-order valence-corrected chi connectivity index (χ0v) is 14.9. The Hall–Kier alpha value is -2.58. The average molecular weight is 341 g/mol. The first-order chi connectivity index (χ1) is 10.7. The number of aromatic nitrogens is 2. The third-order valence-corrected chi connectivity index (χ3v) is 2.48. The minimum Gasteiger partial charge on any atom is -0.476 e. The van der Waals surface area contributed by atoms with Gasteiger partial charge in [-0.3, -0.25) is 0 Å². The molecule has 134 valence electrons. The summed E-state index contributed by atoms with van der Waals surface area (Å²) in [6, 6.07) is 0. The Morgan fingerprint density at radius 2 is 1.46 bits per heavy atom. The number of carboxylic acids is 1. The molecule has 9 nitrogen and oxygen atoms in total. The van der Waals surface area contributed by atoms with Crippen molar-refractivity contribution in [3.8, 4) is 0 Å². The first-order valence-corrected chi connectivity index (χ1v) is 7.23. The SMILES string of the molecule is Cn1cnc(N(C(=O)OC(C)(C)C)C(=O)OC(C)(C)C)c1C(=O)O. The summed E-state index contributed by atoms with van der Waals surface area (Å²) in [5.41, 5.74) is -2.13. The molecule has 0 saturated heterocycles. The summed E-state index contributed by atoms with van der Waals surface area (Å²) in [6.07, 6.45) is -0.962. The van der Waals surface area contributed by atoms with Crippen LogP contribution in [0.15, 0.2) is 6.33 Å². The number of ether oxygens (including phenoxy) is 2. The van der Waals surface area contributed by atoms with E-state index in [0.29, 0.717) is 4.90 Å². The molecule has 0 aliphatic heterocycles. The fraction of sp³-hybridized carbons (Fsp3) is 0.600. The molecule has 0 atom stereocenters. The maximum atomic E-state index is 12.4. The molecule has 24 heavy (non-hydrogen) atoms. The zero-order chi connectivity index (χ0) is 18.9. The van der Waals surface area contributed by atoms with Crippen molar-refractivity contribution in [2.45, 2.75) is 52.7 Å². The van der Waals surface area contributed by atoms with Crippen LogP contribution >= 0.6 is 0 Å². The lowest BCUT2D eigenvalue weighted by Gasteiger charge is -2.27. The van der Waals surface area contributed by atoms with Crippen LogP contribution < -0.4 is 4.90 Å². The number of aryl methyl sites for hydroxylation is 1. The molecule has 0 saturated carbocycles. The van der Waals surface area contributed by atoms with E-state index in [1.807, 2.05) is 0 Å². The van der Waals surface area contributed by atoms with Crippen molar-refractivity contribution in [2.24, 2.45) is 7.05 Å². The Labute approximate surface area is 140 Å². The van der Waals surface area contributed by atoms with Gasteiger partial charge in [-0.05, 0) is 41.5 Å². The predicted molar refractivity (Wildman–Crippen MR) is 85.1 cm³/mol. The molecule has 9 heteroatoms. The van der Waals surface area contributed by atoms with Crippen LogP contribution in [0.1, 0.15) is 52.0 Å². The molecule has 1 heterocycles.